The van der Waals surface area contributed by atoms with E-state index in [1.54, 1.807) is 57.1 Å². The van der Waals surface area contributed by atoms with Gasteiger partial charge in [-0.1, -0.05) is 18.2 Å². The van der Waals surface area contributed by atoms with Crippen LogP contribution in [0.1, 0.15) is 88.5 Å². The van der Waals surface area contributed by atoms with Crippen LogP contribution >= 0.6 is 0 Å². The Hall–Kier alpha value is -3.44. The van der Waals surface area contributed by atoms with E-state index in [2.05, 4.69) is 10.3 Å². The van der Waals surface area contributed by atoms with Gasteiger partial charge in [0.1, 0.15) is 17.6 Å². The number of carbonyl (C=O) groups excluding carboxylic acids is 3. The second-order valence-corrected chi connectivity index (χ2v) is 12.7. The van der Waals surface area contributed by atoms with Crippen LogP contribution in [-0.4, -0.2) is 70.2 Å². The van der Waals surface area contributed by atoms with Crippen LogP contribution < -0.4 is 10.8 Å². The number of ether oxygens (including phenoxy) is 1. The van der Waals surface area contributed by atoms with E-state index >= 15 is 0 Å². The number of pyridine rings is 1. The molecule has 1 aromatic heterocycles. The number of nitrogens with zero attached hydrogens (tertiary/aromatic N) is 3. The Morgan fingerprint density at radius 2 is 1.77 bits per heavy atom. The highest BCUT2D eigenvalue weighted by Gasteiger charge is 2.54. The lowest BCUT2D eigenvalue weighted by Gasteiger charge is -2.32. The van der Waals surface area contributed by atoms with Crippen molar-refractivity contribution in [3.63, 3.8) is 0 Å². The highest BCUT2D eigenvalue weighted by atomic mass is 16.7. The lowest BCUT2D eigenvalue weighted by atomic mass is 9.74. The Labute approximate surface area is 235 Å². The predicted molar refractivity (Wildman–Crippen MR) is 150 cm³/mol. The monoisotopic (exact) mass is 548 g/mol. The van der Waals surface area contributed by atoms with E-state index in [1.165, 1.54) is 0 Å². The lowest BCUT2D eigenvalue weighted by molar-refractivity contribution is -0.127. The number of anilines is 1. The molecule has 212 valence electrons. The van der Waals surface area contributed by atoms with E-state index < -0.39 is 42.1 Å². The molecule has 2 atom stereocenters. The summed E-state index contributed by atoms with van der Waals surface area (Å²) in [5.74, 6) is -0.212. The molecule has 0 saturated carbocycles. The summed E-state index contributed by atoms with van der Waals surface area (Å²) in [5.41, 5.74) is 0.377. The second kappa shape index (κ2) is 9.59. The van der Waals surface area contributed by atoms with Crippen LogP contribution in [0.2, 0.25) is 0 Å². The largest absolute Gasteiger partial charge is 0.495 e. The minimum Gasteiger partial charge on any atom is -0.443 e. The highest BCUT2D eigenvalue weighted by molar-refractivity contribution is 6.63. The van der Waals surface area contributed by atoms with Gasteiger partial charge < -0.3 is 24.3 Å². The van der Waals surface area contributed by atoms with Crippen molar-refractivity contribution in [2.24, 2.45) is 0 Å². The summed E-state index contributed by atoms with van der Waals surface area (Å²) in [5, 5.41) is 3.27. The highest BCUT2D eigenvalue weighted by Crippen LogP contribution is 2.40. The van der Waals surface area contributed by atoms with E-state index in [4.69, 9.17) is 14.0 Å². The molecular weight excluding hydrogens is 511 g/mol. The van der Waals surface area contributed by atoms with Crippen LogP contribution in [0.25, 0.3) is 0 Å². The number of hydrogen-bond acceptors (Lipinski definition) is 8. The molecule has 2 aromatic rings. The summed E-state index contributed by atoms with van der Waals surface area (Å²) >= 11 is 0. The Bertz CT molecular complexity index is 1340. The molecule has 3 amide bonds. The molecule has 40 heavy (non-hydrogen) atoms. The molecule has 5 rings (SSSR count). The van der Waals surface area contributed by atoms with Crippen LogP contribution in [0.5, 0.6) is 0 Å². The van der Waals surface area contributed by atoms with Gasteiger partial charge in [-0.2, -0.15) is 0 Å². The molecular formula is C29H37BN4O6. The van der Waals surface area contributed by atoms with E-state index in [0.29, 0.717) is 29.0 Å². The summed E-state index contributed by atoms with van der Waals surface area (Å²) in [6.07, 6.45) is 0.699. The zero-order valence-electron chi connectivity index (χ0n) is 24.4. The van der Waals surface area contributed by atoms with Crippen molar-refractivity contribution in [2.45, 2.75) is 83.8 Å². The van der Waals surface area contributed by atoms with Gasteiger partial charge in [0.15, 0.2) is 0 Å². The fraction of sp³-hybridized carbons (Fsp3) is 0.517. The smallest absolute Gasteiger partial charge is 0.443 e. The lowest BCUT2D eigenvalue weighted by Crippen LogP contribution is -2.43. The third-order valence-corrected chi connectivity index (χ3v) is 8.12. The van der Waals surface area contributed by atoms with E-state index in [0.717, 1.165) is 16.9 Å². The Morgan fingerprint density at radius 1 is 1.10 bits per heavy atom. The topological polar surface area (TPSA) is 110 Å². The molecule has 1 aromatic carbocycles. The first kappa shape index (κ1) is 28.1. The number of aromatic nitrogens is 1. The molecule has 0 spiro atoms. The zero-order chi connectivity index (χ0) is 29.2. The van der Waals surface area contributed by atoms with Crippen molar-refractivity contribution in [1.82, 2.24) is 14.8 Å². The molecule has 0 aliphatic carbocycles. The molecule has 2 unspecified atom stereocenters. The van der Waals surface area contributed by atoms with Gasteiger partial charge in [0.25, 0.3) is 5.91 Å². The zero-order valence-corrected chi connectivity index (χ0v) is 24.4. The van der Waals surface area contributed by atoms with Gasteiger partial charge in [-0.15, -0.1) is 0 Å². The average Bonchev–Trinajstić information content (AvgIpc) is 3.41. The van der Waals surface area contributed by atoms with Gasteiger partial charge in [0.05, 0.1) is 17.1 Å². The summed E-state index contributed by atoms with van der Waals surface area (Å²) in [4.78, 5) is 46.9. The number of benzene rings is 1. The molecule has 10 nitrogen and oxygen atoms in total. The van der Waals surface area contributed by atoms with Crippen molar-refractivity contribution in [3.05, 3.63) is 53.2 Å². The van der Waals surface area contributed by atoms with Gasteiger partial charge in [0.2, 0.25) is 5.91 Å². The molecule has 3 aliphatic heterocycles. The van der Waals surface area contributed by atoms with E-state index in [1.807, 2.05) is 39.8 Å². The summed E-state index contributed by atoms with van der Waals surface area (Å²) < 4.78 is 18.3. The van der Waals surface area contributed by atoms with Crippen LogP contribution in [-0.2, 0) is 18.8 Å². The predicted octanol–water partition coefficient (Wildman–Crippen LogP) is 3.83. The van der Waals surface area contributed by atoms with Gasteiger partial charge in [0, 0.05) is 30.9 Å². The number of imide groups is 1. The van der Waals surface area contributed by atoms with Crippen molar-refractivity contribution in [3.8, 4) is 0 Å². The summed E-state index contributed by atoms with van der Waals surface area (Å²) in [6.45, 7) is 13.8. The van der Waals surface area contributed by atoms with Crippen molar-refractivity contribution < 1.29 is 28.4 Å². The maximum Gasteiger partial charge on any atom is 0.495 e. The third-order valence-electron chi connectivity index (χ3n) is 8.12. The number of likely N-dealkylation sites (N-methyl/N-ethyl adjacent to an activating group) is 1. The van der Waals surface area contributed by atoms with Crippen LogP contribution in [0.4, 0.5) is 10.6 Å². The SMILES string of the molecule is CN1CCC(c2ccc(NC3c4c(B5OC(C)(C)C(C)(C)O5)cccc4C(=O)N3C(=O)OC(C)(C)C)nc2)C1=O. The first-order chi connectivity index (χ1) is 18.6. The van der Waals surface area contributed by atoms with Gasteiger partial charge in [-0.25, -0.2) is 14.7 Å². The number of rotatable bonds is 4. The normalized spacial score (nSPS) is 23.6. The van der Waals surface area contributed by atoms with Crippen LogP contribution in [0, 0.1) is 0 Å². The molecule has 1 N–H and O–H groups in total. The maximum absolute atomic E-state index is 13.7. The summed E-state index contributed by atoms with van der Waals surface area (Å²) in [6, 6.07) is 8.90. The third kappa shape index (κ3) is 4.85. The molecule has 11 heteroatoms. The van der Waals surface area contributed by atoms with Crippen molar-refractivity contribution in [1.29, 1.82) is 0 Å². The minimum atomic E-state index is -0.926. The van der Waals surface area contributed by atoms with Gasteiger partial charge in [-0.05, 0) is 78.0 Å². The van der Waals surface area contributed by atoms with Crippen molar-refractivity contribution in [2.75, 3.05) is 18.9 Å². The van der Waals surface area contributed by atoms with Crippen LogP contribution in [0.15, 0.2) is 36.5 Å². The number of carbonyl (C=O) groups is 3. The molecule has 3 aliphatic rings. The molecule has 2 saturated heterocycles. The van der Waals surface area contributed by atoms with E-state index in [-0.39, 0.29) is 11.8 Å². The summed E-state index contributed by atoms with van der Waals surface area (Å²) in [7, 11) is 1.04. The molecule has 0 bridgehead atoms. The first-order valence-corrected chi connectivity index (χ1v) is 13.6. The quantitative estimate of drug-likeness (QED) is 0.575. The van der Waals surface area contributed by atoms with Crippen molar-refractivity contribution >= 4 is 36.3 Å². The van der Waals surface area contributed by atoms with E-state index in [9.17, 15) is 14.4 Å². The maximum atomic E-state index is 13.7. The number of hydrogen-bond donors (Lipinski definition) is 1. The number of fused-ring (bicyclic) bond motifs is 1. The number of amides is 3. The first-order valence-electron chi connectivity index (χ1n) is 13.6. The standard InChI is InChI=1S/C29H37BN4O6/c1-27(2,3)38-26(37)34-23(32-21-13-12-17(16-31-21)18-14-15-33(8)24(18)35)22-19(25(34)36)10-9-11-20(22)30-39-28(4,5)29(6,7)40-30/h9-13,16,18,23H,14-15H2,1-8H3,(H,31,32). The minimum absolute atomic E-state index is 0.0704. The van der Waals surface area contributed by atoms with Gasteiger partial charge in [-0.3, -0.25) is 9.59 Å². The average molecular weight is 548 g/mol. The number of likely N-dealkylation sites (tertiary alicyclic amines) is 1. The molecule has 4 heterocycles. The molecule has 2 fully saturated rings. The van der Waals surface area contributed by atoms with Crippen LogP contribution in [0.3, 0.4) is 0 Å². The second-order valence-electron chi connectivity index (χ2n) is 12.7. The number of nitrogens with one attached hydrogen (secondary N) is 1. The fourth-order valence-corrected chi connectivity index (χ4v) is 5.23. The Morgan fingerprint density at radius 3 is 2.33 bits per heavy atom. The van der Waals surface area contributed by atoms with Gasteiger partial charge >= 0.3 is 13.2 Å². The Balaban J connectivity index is 1.52. The Kier molecular flexibility index (Phi) is 6.74. The fourth-order valence-electron chi connectivity index (χ4n) is 5.23. The molecule has 0 radical (unpaired) electrons.